The molecular weight excluding hydrogens is 321 g/mol. The Morgan fingerprint density at radius 1 is 1.48 bits per heavy atom. The molecule has 1 aliphatic rings. The van der Waals surface area contributed by atoms with Crippen LogP contribution in [0.5, 0.6) is 0 Å². The number of aliphatic hydroxyl groups is 2. The van der Waals surface area contributed by atoms with Gasteiger partial charge in [0.15, 0.2) is 0 Å². The lowest BCUT2D eigenvalue weighted by atomic mass is 9.73. The lowest BCUT2D eigenvalue weighted by molar-refractivity contribution is -0.141. The van der Waals surface area contributed by atoms with Crippen molar-refractivity contribution in [1.82, 2.24) is 4.90 Å². The molecule has 0 aliphatic carbocycles. The van der Waals surface area contributed by atoms with Gasteiger partial charge in [0.25, 0.3) is 0 Å². The predicted molar refractivity (Wildman–Crippen MR) is 86.7 cm³/mol. The molecule has 1 amide bonds. The van der Waals surface area contributed by atoms with Crippen LogP contribution in [-0.2, 0) is 11.2 Å². The van der Waals surface area contributed by atoms with Gasteiger partial charge in [-0.25, -0.2) is 4.39 Å². The Morgan fingerprint density at radius 3 is 2.78 bits per heavy atom. The van der Waals surface area contributed by atoms with Crippen molar-refractivity contribution in [1.29, 1.82) is 0 Å². The minimum atomic E-state index is -0.749. The fourth-order valence-corrected chi connectivity index (χ4v) is 3.54. The molecule has 0 saturated carbocycles. The summed E-state index contributed by atoms with van der Waals surface area (Å²) in [5.41, 5.74) is -0.00437. The van der Waals surface area contributed by atoms with E-state index in [2.05, 4.69) is 0 Å². The average Bonchev–Trinajstić information content (AvgIpc) is 2.48. The first-order valence-corrected chi connectivity index (χ1v) is 8.29. The van der Waals surface area contributed by atoms with E-state index in [0.29, 0.717) is 18.5 Å². The molecule has 0 radical (unpaired) electrons. The van der Waals surface area contributed by atoms with Crippen LogP contribution >= 0.6 is 11.6 Å². The van der Waals surface area contributed by atoms with Gasteiger partial charge in [-0.2, -0.15) is 0 Å². The highest BCUT2D eigenvalue weighted by atomic mass is 35.5. The Balaban J connectivity index is 2.02. The molecule has 2 rings (SSSR count). The smallest absolute Gasteiger partial charge is 0.227 e. The van der Waals surface area contributed by atoms with Gasteiger partial charge >= 0.3 is 0 Å². The molecule has 1 aromatic carbocycles. The van der Waals surface area contributed by atoms with Crippen molar-refractivity contribution in [3.8, 4) is 0 Å². The van der Waals surface area contributed by atoms with Gasteiger partial charge in [0, 0.05) is 23.5 Å². The Hall–Kier alpha value is -1.17. The van der Waals surface area contributed by atoms with Crippen molar-refractivity contribution in [2.75, 3.05) is 19.7 Å². The summed E-state index contributed by atoms with van der Waals surface area (Å²) in [6, 6.07) is 4.05. The molecule has 6 heteroatoms. The van der Waals surface area contributed by atoms with Gasteiger partial charge in [-0.1, -0.05) is 24.9 Å². The van der Waals surface area contributed by atoms with Crippen molar-refractivity contribution >= 4 is 17.5 Å². The van der Waals surface area contributed by atoms with Crippen LogP contribution in [0, 0.1) is 11.2 Å². The number of piperidine rings is 1. The molecule has 23 heavy (non-hydrogen) atoms. The summed E-state index contributed by atoms with van der Waals surface area (Å²) in [7, 11) is 0. The van der Waals surface area contributed by atoms with E-state index >= 15 is 0 Å². The molecule has 0 unspecified atom stereocenters. The van der Waals surface area contributed by atoms with Gasteiger partial charge in [0.05, 0.1) is 19.1 Å². The number of amides is 1. The molecule has 1 heterocycles. The summed E-state index contributed by atoms with van der Waals surface area (Å²) in [5.74, 6) is -0.644. The zero-order valence-electron chi connectivity index (χ0n) is 13.3. The molecule has 1 aliphatic heterocycles. The summed E-state index contributed by atoms with van der Waals surface area (Å²) in [6.45, 7) is 2.61. The van der Waals surface area contributed by atoms with E-state index in [-0.39, 0.29) is 30.5 Å². The number of rotatable bonds is 5. The fraction of sp³-hybridized carbons (Fsp3) is 0.588. The highest BCUT2D eigenvalue weighted by molar-refractivity contribution is 6.30. The van der Waals surface area contributed by atoms with Crippen LogP contribution in [0.15, 0.2) is 18.2 Å². The number of β-amino-alcohol motifs (C(OH)–C–C–N with tert-alkyl or cyclic N) is 1. The van der Waals surface area contributed by atoms with Gasteiger partial charge in [-0.15, -0.1) is 0 Å². The first kappa shape index (κ1) is 18.2. The standard InChI is InChI=1S/C17H23ClFNO3/c1-2-3-17(11-21)4-5-20(10-15(17)22)16(23)8-12-6-13(18)9-14(19)7-12/h6-7,9,15,21-22H,2-5,8,10-11H2,1H3/t15-,17-/m1/s1. The Bertz CT molecular complexity index is 549. The third-order valence-corrected chi connectivity index (χ3v) is 4.89. The Kier molecular flexibility index (Phi) is 6.00. The lowest BCUT2D eigenvalue weighted by Gasteiger charge is -2.44. The highest BCUT2D eigenvalue weighted by Crippen LogP contribution is 2.36. The molecule has 0 aromatic heterocycles. The number of hydrogen-bond acceptors (Lipinski definition) is 3. The van der Waals surface area contributed by atoms with Crippen LogP contribution in [-0.4, -0.2) is 46.8 Å². The average molecular weight is 344 g/mol. The van der Waals surface area contributed by atoms with E-state index in [9.17, 15) is 19.4 Å². The third kappa shape index (κ3) is 4.22. The van der Waals surface area contributed by atoms with Gasteiger partial charge in [-0.3, -0.25) is 4.79 Å². The number of aliphatic hydroxyl groups excluding tert-OH is 2. The van der Waals surface area contributed by atoms with Crippen molar-refractivity contribution in [2.45, 2.75) is 38.7 Å². The normalized spacial score (nSPS) is 24.7. The molecule has 2 atom stereocenters. The second-order valence-corrected chi connectivity index (χ2v) is 6.77. The predicted octanol–water partition coefficient (Wildman–Crippen LogP) is 2.39. The van der Waals surface area contributed by atoms with Crippen LogP contribution in [0.3, 0.4) is 0 Å². The SMILES string of the molecule is CCC[C@]1(CO)CCN(C(=O)Cc2cc(F)cc(Cl)c2)C[C@H]1O. The van der Waals surface area contributed by atoms with E-state index in [1.807, 2.05) is 6.92 Å². The number of carbonyl (C=O) groups is 1. The van der Waals surface area contributed by atoms with Crippen LogP contribution in [0.4, 0.5) is 4.39 Å². The summed E-state index contributed by atoms with van der Waals surface area (Å²) < 4.78 is 13.3. The maximum absolute atomic E-state index is 13.3. The summed E-state index contributed by atoms with van der Waals surface area (Å²) in [6.07, 6.45) is 1.46. The molecule has 2 N–H and O–H groups in total. The zero-order chi connectivity index (χ0) is 17.0. The van der Waals surface area contributed by atoms with Crippen LogP contribution in [0.1, 0.15) is 31.7 Å². The molecule has 1 fully saturated rings. The minimum Gasteiger partial charge on any atom is -0.396 e. The molecule has 1 saturated heterocycles. The van der Waals surface area contributed by atoms with Gasteiger partial charge in [-0.05, 0) is 36.6 Å². The number of nitrogens with zero attached hydrogens (tertiary/aromatic N) is 1. The van der Waals surface area contributed by atoms with E-state index in [1.165, 1.54) is 12.1 Å². The first-order chi connectivity index (χ1) is 10.9. The molecule has 0 spiro atoms. The molecular formula is C17H23ClFNO3. The summed E-state index contributed by atoms with van der Waals surface area (Å²) >= 11 is 5.80. The molecule has 128 valence electrons. The van der Waals surface area contributed by atoms with E-state index < -0.39 is 17.3 Å². The Labute approximate surface area is 140 Å². The highest BCUT2D eigenvalue weighted by Gasteiger charge is 2.42. The molecule has 4 nitrogen and oxygen atoms in total. The molecule has 0 bridgehead atoms. The van der Waals surface area contributed by atoms with E-state index in [0.717, 1.165) is 12.8 Å². The zero-order valence-corrected chi connectivity index (χ0v) is 14.0. The van der Waals surface area contributed by atoms with Crippen molar-refractivity contribution in [3.05, 3.63) is 34.6 Å². The fourth-order valence-electron chi connectivity index (χ4n) is 3.30. The third-order valence-electron chi connectivity index (χ3n) is 4.67. The van der Waals surface area contributed by atoms with Crippen molar-refractivity contribution in [3.63, 3.8) is 0 Å². The second-order valence-electron chi connectivity index (χ2n) is 6.33. The molecule has 1 aromatic rings. The largest absolute Gasteiger partial charge is 0.396 e. The van der Waals surface area contributed by atoms with E-state index in [1.54, 1.807) is 11.0 Å². The van der Waals surface area contributed by atoms with Gasteiger partial charge in [0.1, 0.15) is 5.82 Å². The van der Waals surface area contributed by atoms with Gasteiger partial charge in [0.2, 0.25) is 5.91 Å². The quantitative estimate of drug-likeness (QED) is 0.863. The maximum Gasteiger partial charge on any atom is 0.227 e. The summed E-state index contributed by atoms with van der Waals surface area (Å²) in [4.78, 5) is 14.0. The Morgan fingerprint density at radius 2 is 2.22 bits per heavy atom. The van der Waals surface area contributed by atoms with Crippen molar-refractivity contribution < 1.29 is 19.4 Å². The number of benzene rings is 1. The summed E-state index contributed by atoms with van der Waals surface area (Å²) in [5, 5.41) is 20.3. The topological polar surface area (TPSA) is 60.8 Å². The van der Waals surface area contributed by atoms with Crippen LogP contribution < -0.4 is 0 Å². The lowest BCUT2D eigenvalue weighted by Crippen LogP contribution is -2.54. The number of hydrogen-bond donors (Lipinski definition) is 2. The number of halogens is 2. The second kappa shape index (κ2) is 7.60. The monoisotopic (exact) mass is 343 g/mol. The van der Waals surface area contributed by atoms with Crippen LogP contribution in [0.2, 0.25) is 5.02 Å². The minimum absolute atomic E-state index is 0.0457. The number of likely N-dealkylation sites (tertiary alicyclic amines) is 1. The van der Waals surface area contributed by atoms with Crippen LogP contribution in [0.25, 0.3) is 0 Å². The first-order valence-electron chi connectivity index (χ1n) is 7.92. The number of carbonyl (C=O) groups excluding carboxylic acids is 1. The van der Waals surface area contributed by atoms with Gasteiger partial charge < -0.3 is 15.1 Å². The van der Waals surface area contributed by atoms with Crippen molar-refractivity contribution in [2.24, 2.45) is 5.41 Å². The maximum atomic E-state index is 13.3. The van der Waals surface area contributed by atoms with E-state index in [4.69, 9.17) is 11.6 Å².